The molecule has 16 heavy (non-hydrogen) atoms. The zero-order chi connectivity index (χ0) is 12.0. The highest BCUT2D eigenvalue weighted by Gasteiger charge is 2.08. The smallest absolute Gasteiger partial charge is 0.270 e. The number of carbonyl (C=O) groups excluding carboxylic acids is 2. The lowest BCUT2D eigenvalue weighted by molar-refractivity contribution is -0.119. The molecule has 0 saturated heterocycles. The van der Waals surface area contributed by atoms with Gasteiger partial charge in [0.05, 0.1) is 12.2 Å². The molecule has 0 aromatic carbocycles. The summed E-state index contributed by atoms with van der Waals surface area (Å²) in [6.45, 7) is -0.0860. The van der Waals surface area contributed by atoms with Crippen LogP contribution in [0.4, 0.5) is 5.69 Å². The molecule has 0 aliphatic rings. The molecule has 1 aromatic rings. The van der Waals surface area contributed by atoms with E-state index in [4.69, 9.17) is 5.84 Å². The van der Waals surface area contributed by atoms with E-state index in [-0.39, 0.29) is 18.1 Å². The van der Waals surface area contributed by atoms with Gasteiger partial charge in [-0.1, -0.05) is 0 Å². The van der Waals surface area contributed by atoms with Gasteiger partial charge < -0.3 is 16.1 Å². The van der Waals surface area contributed by atoms with E-state index in [0.29, 0.717) is 5.69 Å². The van der Waals surface area contributed by atoms with Gasteiger partial charge in [0.2, 0.25) is 5.91 Å². The highest BCUT2D eigenvalue weighted by Crippen LogP contribution is 2.05. The van der Waals surface area contributed by atoms with Crippen LogP contribution in [0.3, 0.4) is 0 Å². The summed E-state index contributed by atoms with van der Waals surface area (Å²) >= 11 is 0. The minimum absolute atomic E-state index is 0.0860. The quantitative estimate of drug-likeness (QED) is 0.380. The Bertz CT molecular complexity index is 393. The summed E-state index contributed by atoms with van der Waals surface area (Å²) in [5.74, 6) is 4.48. The molecule has 1 heterocycles. The lowest BCUT2D eigenvalue weighted by Crippen LogP contribution is -2.35. The summed E-state index contributed by atoms with van der Waals surface area (Å²) in [6, 6.07) is 3.11. The first-order chi connectivity index (χ1) is 7.67. The number of nitrogens with two attached hydrogens (primary N) is 1. The Morgan fingerprint density at radius 3 is 2.88 bits per heavy atom. The van der Waals surface area contributed by atoms with Gasteiger partial charge in [-0.25, -0.2) is 0 Å². The molecule has 1 aromatic heterocycles. The second kappa shape index (κ2) is 5.66. The first-order valence-electron chi connectivity index (χ1n) is 4.59. The number of anilines is 1. The lowest BCUT2D eigenvalue weighted by Gasteiger charge is -2.05. The van der Waals surface area contributed by atoms with Gasteiger partial charge in [-0.3, -0.25) is 20.4 Å². The Hall–Kier alpha value is -2.15. The van der Waals surface area contributed by atoms with E-state index < -0.39 is 5.91 Å². The molecule has 0 radical (unpaired) electrons. The Kier molecular flexibility index (Phi) is 4.22. The molecule has 0 atom stereocenters. The first kappa shape index (κ1) is 11.9. The number of aromatic nitrogens is 1. The summed E-state index contributed by atoms with van der Waals surface area (Å²) in [5.41, 5.74) is 3.16. The van der Waals surface area contributed by atoms with Gasteiger partial charge in [0, 0.05) is 13.2 Å². The SMILES string of the molecule is CNC(=O)CNC(=O)c1cc(NN)ccn1. The monoisotopic (exact) mass is 223 g/mol. The molecule has 86 valence electrons. The number of nitrogen functional groups attached to an aromatic ring is 1. The molecule has 0 fully saturated rings. The largest absolute Gasteiger partial charge is 0.358 e. The highest BCUT2D eigenvalue weighted by atomic mass is 16.2. The minimum atomic E-state index is -0.430. The van der Waals surface area contributed by atoms with E-state index in [0.717, 1.165) is 0 Å². The normalized spacial score (nSPS) is 9.38. The summed E-state index contributed by atoms with van der Waals surface area (Å²) in [4.78, 5) is 26.3. The molecule has 0 unspecified atom stereocenters. The van der Waals surface area contributed by atoms with E-state index in [2.05, 4.69) is 21.0 Å². The van der Waals surface area contributed by atoms with E-state index in [1.807, 2.05) is 0 Å². The maximum atomic E-state index is 11.5. The van der Waals surface area contributed by atoms with Crippen LogP contribution in [0.1, 0.15) is 10.5 Å². The van der Waals surface area contributed by atoms with E-state index in [9.17, 15) is 9.59 Å². The van der Waals surface area contributed by atoms with Crippen molar-refractivity contribution in [2.75, 3.05) is 19.0 Å². The van der Waals surface area contributed by atoms with Gasteiger partial charge in [0.25, 0.3) is 5.91 Å². The molecule has 5 N–H and O–H groups in total. The fraction of sp³-hybridized carbons (Fsp3) is 0.222. The van der Waals surface area contributed by atoms with Crippen molar-refractivity contribution in [3.8, 4) is 0 Å². The minimum Gasteiger partial charge on any atom is -0.358 e. The Morgan fingerprint density at radius 1 is 1.50 bits per heavy atom. The standard InChI is InChI=1S/C9H13N5O2/c1-11-8(15)5-13-9(16)7-4-6(14-10)2-3-12-7/h2-4H,5,10H2,1H3,(H,11,15)(H,12,14)(H,13,16). The third kappa shape index (κ3) is 3.21. The molecular formula is C9H13N5O2. The van der Waals surface area contributed by atoms with Gasteiger partial charge in [-0.05, 0) is 12.1 Å². The molecule has 2 amide bonds. The number of nitrogens with one attached hydrogen (secondary N) is 3. The van der Waals surface area contributed by atoms with Gasteiger partial charge in [-0.15, -0.1) is 0 Å². The van der Waals surface area contributed by atoms with Crippen molar-refractivity contribution < 1.29 is 9.59 Å². The van der Waals surface area contributed by atoms with E-state index in [1.165, 1.54) is 19.3 Å². The Balaban J connectivity index is 2.62. The molecule has 0 aliphatic carbocycles. The summed E-state index contributed by atoms with van der Waals surface area (Å²) in [6.07, 6.45) is 1.45. The van der Waals surface area contributed by atoms with Crippen molar-refractivity contribution in [3.05, 3.63) is 24.0 Å². The topological polar surface area (TPSA) is 109 Å². The number of amides is 2. The van der Waals surface area contributed by atoms with E-state index >= 15 is 0 Å². The Morgan fingerprint density at radius 2 is 2.25 bits per heavy atom. The van der Waals surface area contributed by atoms with Crippen molar-refractivity contribution in [1.82, 2.24) is 15.6 Å². The van der Waals surface area contributed by atoms with Crippen molar-refractivity contribution in [3.63, 3.8) is 0 Å². The number of rotatable bonds is 4. The van der Waals surface area contributed by atoms with Gasteiger partial charge in [0.1, 0.15) is 5.69 Å². The van der Waals surface area contributed by atoms with Crippen LogP contribution in [0.25, 0.3) is 0 Å². The van der Waals surface area contributed by atoms with Crippen molar-refractivity contribution in [2.45, 2.75) is 0 Å². The lowest BCUT2D eigenvalue weighted by atomic mass is 10.3. The van der Waals surface area contributed by atoms with Crippen LogP contribution in [-0.4, -0.2) is 30.4 Å². The Labute approximate surface area is 92.4 Å². The second-order valence-corrected chi connectivity index (χ2v) is 2.93. The summed E-state index contributed by atoms with van der Waals surface area (Å²) in [5, 5.41) is 4.81. The zero-order valence-electron chi connectivity index (χ0n) is 8.78. The molecule has 1 rings (SSSR count). The third-order valence-corrected chi connectivity index (χ3v) is 1.85. The number of hydrazine groups is 1. The van der Waals surface area contributed by atoms with Crippen LogP contribution in [-0.2, 0) is 4.79 Å². The number of pyridine rings is 1. The van der Waals surface area contributed by atoms with Crippen molar-refractivity contribution in [2.24, 2.45) is 5.84 Å². The fourth-order valence-corrected chi connectivity index (χ4v) is 0.984. The van der Waals surface area contributed by atoms with Crippen LogP contribution in [0.15, 0.2) is 18.3 Å². The van der Waals surface area contributed by atoms with Crippen LogP contribution in [0, 0.1) is 0 Å². The number of carbonyl (C=O) groups is 2. The summed E-state index contributed by atoms with van der Waals surface area (Å²) in [7, 11) is 1.49. The average molecular weight is 223 g/mol. The molecule has 0 aliphatic heterocycles. The van der Waals surface area contributed by atoms with Crippen molar-refractivity contribution in [1.29, 1.82) is 0 Å². The van der Waals surface area contributed by atoms with Gasteiger partial charge >= 0.3 is 0 Å². The molecule has 0 bridgehead atoms. The molecule has 7 heteroatoms. The average Bonchev–Trinajstić information content (AvgIpc) is 2.35. The number of nitrogens with zero attached hydrogens (tertiary/aromatic N) is 1. The number of likely N-dealkylation sites (N-methyl/N-ethyl adjacent to an activating group) is 1. The molecular weight excluding hydrogens is 210 g/mol. The summed E-state index contributed by atoms with van der Waals surface area (Å²) < 4.78 is 0. The first-order valence-corrected chi connectivity index (χ1v) is 4.59. The maximum absolute atomic E-state index is 11.5. The van der Waals surface area contributed by atoms with Crippen LogP contribution >= 0.6 is 0 Å². The molecule has 7 nitrogen and oxygen atoms in total. The van der Waals surface area contributed by atoms with Gasteiger partial charge in [-0.2, -0.15) is 0 Å². The predicted molar refractivity (Wildman–Crippen MR) is 58.4 cm³/mol. The predicted octanol–water partition coefficient (Wildman–Crippen LogP) is -1.16. The van der Waals surface area contributed by atoms with Crippen LogP contribution < -0.4 is 21.9 Å². The third-order valence-electron chi connectivity index (χ3n) is 1.85. The van der Waals surface area contributed by atoms with E-state index in [1.54, 1.807) is 6.07 Å². The highest BCUT2D eigenvalue weighted by molar-refractivity contribution is 5.95. The van der Waals surface area contributed by atoms with Gasteiger partial charge in [0.15, 0.2) is 0 Å². The zero-order valence-corrected chi connectivity index (χ0v) is 8.78. The number of hydrogen-bond acceptors (Lipinski definition) is 5. The van der Waals surface area contributed by atoms with Crippen LogP contribution in [0.5, 0.6) is 0 Å². The maximum Gasteiger partial charge on any atom is 0.270 e. The second-order valence-electron chi connectivity index (χ2n) is 2.93. The fourth-order valence-electron chi connectivity index (χ4n) is 0.984. The van der Waals surface area contributed by atoms with Crippen molar-refractivity contribution >= 4 is 17.5 Å². The number of hydrogen-bond donors (Lipinski definition) is 4. The molecule has 0 saturated carbocycles. The molecule has 0 spiro atoms. The van der Waals surface area contributed by atoms with Crippen LogP contribution in [0.2, 0.25) is 0 Å².